The van der Waals surface area contributed by atoms with E-state index in [4.69, 9.17) is 15.0 Å². The number of benzene rings is 10. The average molecular weight is 1290 g/mol. The fraction of sp³-hybridized carbons (Fsp3) is 0. The fourth-order valence-corrected chi connectivity index (χ4v) is 12.6. The van der Waals surface area contributed by atoms with Gasteiger partial charge in [-0.1, -0.05) is 210 Å². The van der Waals surface area contributed by atoms with Gasteiger partial charge in [-0.3, -0.25) is 0 Å². The Balaban J connectivity index is 0.00000638. The van der Waals surface area contributed by atoms with Crippen molar-refractivity contribution < 1.29 is 20.1 Å². The first kappa shape index (κ1) is 52.8. The molecule has 87 heavy (non-hydrogen) atoms. The maximum Gasteiger partial charge on any atom is 3.00 e. The summed E-state index contributed by atoms with van der Waals surface area (Å²) in [6.07, 6.45) is 7.37. The smallest absolute Gasteiger partial charge is 0.352 e. The average Bonchev–Trinajstić information content (AvgIpc) is 1.87. The van der Waals surface area contributed by atoms with Crippen molar-refractivity contribution in [3.63, 3.8) is 0 Å². The number of hydrogen-bond donors (Lipinski definition) is 0. The van der Waals surface area contributed by atoms with Crippen LogP contribution in [0.1, 0.15) is 0 Å². The van der Waals surface area contributed by atoms with Crippen LogP contribution in [0.5, 0.6) is 0 Å². The second-order valence-electron chi connectivity index (χ2n) is 21.5. The Hall–Kier alpha value is -11.0. The third kappa shape index (κ3) is 9.43. The quantitative estimate of drug-likeness (QED) is 0.121. The van der Waals surface area contributed by atoms with E-state index in [1.54, 1.807) is 6.20 Å². The second kappa shape index (κ2) is 22.6. The van der Waals surface area contributed by atoms with Crippen LogP contribution in [0.4, 0.5) is 0 Å². The molecular weight excluding hydrogens is 1240 g/mol. The van der Waals surface area contributed by atoms with Crippen LogP contribution in [-0.2, 0) is 20.1 Å². The normalized spacial score (nSPS) is 11.4. The maximum absolute atomic E-state index is 5.10. The van der Waals surface area contributed by atoms with Gasteiger partial charge in [-0.05, 0) is 134 Å². The number of fused-ring (bicyclic) bond motifs is 6. The third-order valence-electron chi connectivity index (χ3n) is 16.5. The Kier molecular flexibility index (Phi) is 13.7. The van der Waals surface area contributed by atoms with Gasteiger partial charge in [-0.25, -0.2) is 0 Å². The number of para-hydroxylation sites is 4. The molecule has 0 unspecified atom stereocenters. The first-order chi connectivity index (χ1) is 42.7. The van der Waals surface area contributed by atoms with Crippen molar-refractivity contribution in [2.75, 3.05) is 0 Å². The van der Waals surface area contributed by atoms with Crippen molar-refractivity contribution in [1.82, 2.24) is 29.1 Å². The van der Waals surface area contributed by atoms with E-state index in [0.29, 0.717) is 0 Å². The maximum atomic E-state index is 5.10. The SMILES string of the molecule is [Ir+3].[c-]1cc(-c2ccccc2-c2cc(-c3ccccc3-c3c[c-]c(-c4ccccn4)cc3-n3c4ccccc4c4ccccc43)cc(-c3ccccc3-c3c[c-]c(-c4ccccn4)cc3-n3c4ccccc4c4ccccc43)c2)ncc1-c1ccccn1. The Morgan fingerprint density at radius 2 is 0.575 bits per heavy atom. The van der Waals surface area contributed by atoms with Gasteiger partial charge >= 0.3 is 20.1 Å². The number of aromatic nitrogens is 6. The fourth-order valence-electron chi connectivity index (χ4n) is 12.6. The second-order valence-corrected chi connectivity index (χ2v) is 21.5. The largest absolute Gasteiger partial charge is 3.00 e. The predicted octanol–water partition coefficient (Wildman–Crippen LogP) is 19.9. The molecule has 0 N–H and O–H groups in total. The van der Waals surface area contributed by atoms with Gasteiger partial charge in [-0.15, -0.1) is 65.2 Å². The zero-order valence-electron chi connectivity index (χ0n) is 46.8. The molecule has 0 atom stereocenters. The number of rotatable bonds is 11. The molecular formula is C80H49IrN6. The van der Waals surface area contributed by atoms with Gasteiger partial charge in [0.1, 0.15) is 0 Å². The molecule has 0 radical (unpaired) electrons. The minimum atomic E-state index is 0. The van der Waals surface area contributed by atoms with Gasteiger partial charge in [0.15, 0.2) is 0 Å². The van der Waals surface area contributed by atoms with Crippen molar-refractivity contribution in [2.45, 2.75) is 0 Å². The zero-order valence-corrected chi connectivity index (χ0v) is 49.2. The van der Waals surface area contributed by atoms with Gasteiger partial charge < -0.3 is 29.1 Å². The number of nitrogens with zero attached hydrogens (tertiary/aromatic N) is 6. The first-order valence-corrected chi connectivity index (χ1v) is 28.8. The zero-order chi connectivity index (χ0) is 56.9. The molecule has 6 aromatic heterocycles. The van der Waals surface area contributed by atoms with Crippen LogP contribution in [0.25, 0.3) is 156 Å². The number of hydrogen-bond acceptors (Lipinski definition) is 4. The van der Waals surface area contributed by atoms with Crippen molar-refractivity contribution in [3.05, 3.63) is 316 Å². The summed E-state index contributed by atoms with van der Waals surface area (Å²) in [6.45, 7) is 0. The topological polar surface area (TPSA) is 61.4 Å². The first-order valence-electron chi connectivity index (χ1n) is 28.8. The molecule has 16 rings (SSSR count). The monoisotopic (exact) mass is 1290 g/mol. The van der Waals surface area contributed by atoms with Gasteiger partial charge in [0.05, 0.1) is 22.1 Å². The standard InChI is InChI=1S/C80H49N6.Ir/c1-4-24-62(69-41-38-53(71-31-15-18-44-81-71)50-79(69)85-75-34-11-7-27-65(75)66-28-8-12-35-76(66)85)59(21-1)56-47-57(49-58(48-56)61-23-3-6-26-64(61)74-43-40-55(52-84-74)73-33-17-20-46-83-73)60-22-2-5-25-63(60)70-42-39-54(72-32-16-19-45-82-72)51-80(70)86-77-36-13-9-29-67(77)68-30-10-14-37-78(68)86;/h1-37,41-52H;/q-3;+3. The third-order valence-corrected chi connectivity index (χ3v) is 16.5. The van der Waals surface area contributed by atoms with Crippen molar-refractivity contribution >= 4 is 43.6 Å². The summed E-state index contributed by atoms with van der Waals surface area (Å²) in [4.78, 5) is 19.3. The summed E-state index contributed by atoms with van der Waals surface area (Å²) < 4.78 is 4.83. The van der Waals surface area contributed by atoms with Crippen LogP contribution < -0.4 is 0 Å². The van der Waals surface area contributed by atoms with Crippen LogP contribution in [0, 0.1) is 18.2 Å². The Labute approximate surface area is 517 Å². The molecule has 0 aliphatic rings. The molecule has 16 aromatic rings. The summed E-state index contributed by atoms with van der Waals surface area (Å²) in [6, 6.07) is 108. The van der Waals surface area contributed by atoms with E-state index in [1.165, 1.54) is 21.5 Å². The van der Waals surface area contributed by atoms with E-state index in [-0.39, 0.29) is 20.1 Å². The van der Waals surface area contributed by atoms with Crippen molar-refractivity contribution in [1.29, 1.82) is 0 Å². The van der Waals surface area contributed by atoms with Crippen LogP contribution >= 0.6 is 0 Å². The molecule has 7 heteroatoms. The molecule has 408 valence electrons. The van der Waals surface area contributed by atoms with Crippen LogP contribution in [-0.4, -0.2) is 29.1 Å². The van der Waals surface area contributed by atoms with Crippen LogP contribution in [0.3, 0.4) is 0 Å². The Morgan fingerprint density at radius 3 is 0.943 bits per heavy atom. The molecule has 0 bridgehead atoms. The van der Waals surface area contributed by atoms with Crippen LogP contribution in [0.2, 0.25) is 0 Å². The molecule has 0 saturated carbocycles. The molecule has 0 fully saturated rings. The minimum Gasteiger partial charge on any atom is -0.352 e. The summed E-state index contributed by atoms with van der Waals surface area (Å²) >= 11 is 0. The van der Waals surface area contributed by atoms with Gasteiger partial charge in [0.25, 0.3) is 0 Å². The van der Waals surface area contributed by atoms with E-state index in [1.807, 2.05) is 67.1 Å². The molecule has 6 nitrogen and oxygen atoms in total. The summed E-state index contributed by atoms with van der Waals surface area (Å²) in [5, 5.41) is 4.75. The summed E-state index contributed by atoms with van der Waals surface area (Å²) in [5.41, 5.74) is 24.0. The Bertz CT molecular complexity index is 4860. The van der Waals surface area contributed by atoms with Crippen molar-refractivity contribution in [2.24, 2.45) is 0 Å². The molecule has 6 heterocycles. The summed E-state index contributed by atoms with van der Waals surface area (Å²) in [5.74, 6) is 0. The minimum absolute atomic E-state index is 0. The van der Waals surface area contributed by atoms with Gasteiger partial charge in [0, 0.05) is 40.1 Å². The van der Waals surface area contributed by atoms with E-state index in [2.05, 4.69) is 257 Å². The Morgan fingerprint density at radius 1 is 0.253 bits per heavy atom. The van der Waals surface area contributed by atoms with E-state index < -0.39 is 0 Å². The number of pyridine rings is 4. The molecule has 0 spiro atoms. The molecule has 0 aliphatic carbocycles. The summed E-state index contributed by atoms with van der Waals surface area (Å²) in [7, 11) is 0. The molecule has 0 amide bonds. The molecule has 0 aliphatic heterocycles. The van der Waals surface area contributed by atoms with Crippen LogP contribution in [0.15, 0.2) is 298 Å². The van der Waals surface area contributed by atoms with Crippen molar-refractivity contribution in [3.8, 4) is 112 Å². The van der Waals surface area contributed by atoms with Gasteiger partial charge in [0.2, 0.25) is 0 Å². The van der Waals surface area contributed by atoms with E-state index in [0.717, 1.165) is 134 Å². The van der Waals surface area contributed by atoms with E-state index >= 15 is 0 Å². The van der Waals surface area contributed by atoms with E-state index in [9.17, 15) is 0 Å². The predicted molar refractivity (Wildman–Crippen MR) is 352 cm³/mol. The molecule has 10 aromatic carbocycles. The van der Waals surface area contributed by atoms with Gasteiger partial charge in [-0.2, -0.15) is 0 Å². The molecule has 0 saturated heterocycles.